The van der Waals surface area contributed by atoms with Crippen LogP contribution in [0.15, 0.2) is 12.1 Å². The molecule has 0 fully saturated rings. The number of aryl methyl sites for hydroxylation is 2. The first-order valence-corrected chi connectivity index (χ1v) is 4.17. The number of aromatic nitrogens is 2. The van der Waals surface area contributed by atoms with Gasteiger partial charge in [0.2, 0.25) is 5.28 Å². The first-order valence-electron chi connectivity index (χ1n) is 3.79. The molecule has 0 unspecified atom stereocenters. The third-order valence-electron chi connectivity index (χ3n) is 2.07. The van der Waals surface area contributed by atoms with Crippen LogP contribution in [0.2, 0.25) is 5.28 Å². The average Bonchev–Trinajstić information content (AvgIpc) is 2.30. The maximum absolute atomic E-state index is 5.72. The summed E-state index contributed by atoms with van der Waals surface area (Å²) in [6.45, 7) is 4.14. The molecule has 0 radical (unpaired) electrons. The van der Waals surface area contributed by atoms with Gasteiger partial charge in [0.05, 0.1) is 11.0 Å². The standard InChI is InChI=1S/C9H9ClN2/c1-5-3-7-8(4-6(5)2)12-9(10)11-7/h3-4H,1-2H3,(H,11,12). The van der Waals surface area contributed by atoms with E-state index < -0.39 is 0 Å². The van der Waals surface area contributed by atoms with E-state index in [9.17, 15) is 0 Å². The van der Waals surface area contributed by atoms with Gasteiger partial charge in [0, 0.05) is 0 Å². The van der Waals surface area contributed by atoms with E-state index in [0.717, 1.165) is 11.0 Å². The van der Waals surface area contributed by atoms with Crippen molar-refractivity contribution in [2.75, 3.05) is 0 Å². The number of hydrogen-bond acceptors (Lipinski definition) is 1. The smallest absolute Gasteiger partial charge is 0.201 e. The Labute approximate surface area is 75.6 Å². The van der Waals surface area contributed by atoms with Crippen LogP contribution in [0.4, 0.5) is 0 Å². The van der Waals surface area contributed by atoms with Gasteiger partial charge in [-0.3, -0.25) is 0 Å². The lowest BCUT2D eigenvalue weighted by Gasteiger charge is -1.97. The van der Waals surface area contributed by atoms with Crippen LogP contribution in [0, 0.1) is 13.8 Å². The monoisotopic (exact) mass is 180 g/mol. The second kappa shape index (κ2) is 2.49. The van der Waals surface area contributed by atoms with Gasteiger partial charge in [0.25, 0.3) is 0 Å². The number of nitrogens with zero attached hydrogens (tertiary/aromatic N) is 1. The summed E-state index contributed by atoms with van der Waals surface area (Å²) in [7, 11) is 0. The number of halogens is 1. The van der Waals surface area contributed by atoms with E-state index >= 15 is 0 Å². The van der Waals surface area contributed by atoms with Gasteiger partial charge >= 0.3 is 0 Å². The summed E-state index contributed by atoms with van der Waals surface area (Å²) >= 11 is 5.72. The normalized spacial score (nSPS) is 10.9. The number of aromatic amines is 1. The van der Waals surface area contributed by atoms with Crippen LogP contribution in [0.5, 0.6) is 0 Å². The van der Waals surface area contributed by atoms with Gasteiger partial charge in [-0.15, -0.1) is 0 Å². The Kier molecular flexibility index (Phi) is 1.58. The molecule has 2 aromatic rings. The van der Waals surface area contributed by atoms with Crippen LogP contribution in [0.25, 0.3) is 11.0 Å². The van der Waals surface area contributed by atoms with E-state index in [4.69, 9.17) is 11.6 Å². The summed E-state index contributed by atoms with van der Waals surface area (Å²) in [4.78, 5) is 7.11. The highest BCUT2D eigenvalue weighted by Crippen LogP contribution is 2.18. The molecule has 0 aliphatic heterocycles. The Morgan fingerprint density at radius 1 is 1.25 bits per heavy atom. The Morgan fingerprint density at radius 3 is 2.67 bits per heavy atom. The van der Waals surface area contributed by atoms with E-state index in [-0.39, 0.29) is 0 Å². The van der Waals surface area contributed by atoms with Crippen molar-refractivity contribution in [2.24, 2.45) is 0 Å². The van der Waals surface area contributed by atoms with Crippen molar-refractivity contribution in [2.45, 2.75) is 13.8 Å². The summed E-state index contributed by atoms with van der Waals surface area (Å²) in [6, 6.07) is 4.09. The maximum atomic E-state index is 5.72. The molecule has 62 valence electrons. The van der Waals surface area contributed by atoms with E-state index in [1.165, 1.54) is 11.1 Å². The van der Waals surface area contributed by atoms with E-state index in [1.54, 1.807) is 0 Å². The molecule has 0 bridgehead atoms. The Bertz CT molecular complexity index is 392. The lowest BCUT2D eigenvalue weighted by atomic mass is 10.1. The fraction of sp³-hybridized carbons (Fsp3) is 0.222. The average molecular weight is 181 g/mol. The van der Waals surface area contributed by atoms with Gasteiger partial charge < -0.3 is 4.98 Å². The first-order chi connectivity index (χ1) is 5.66. The molecular formula is C9H9ClN2. The van der Waals surface area contributed by atoms with Crippen molar-refractivity contribution < 1.29 is 0 Å². The minimum atomic E-state index is 0.454. The predicted molar refractivity (Wildman–Crippen MR) is 50.6 cm³/mol. The zero-order chi connectivity index (χ0) is 8.72. The SMILES string of the molecule is Cc1cc2nc(Cl)[nH]c2cc1C. The van der Waals surface area contributed by atoms with Crippen molar-refractivity contribution in [3.8, 4) is 0 Å². The van der Waals surface area contributed by atoms with Gasteiger partial charge in [0.15, 0.2) is 0 Å². The molecule has 0 aliphatic carbocycles. The molecular weight excluding hydrogens is 172 g/mol. The van der Waals surface area contributed by atoms with Crippen LogP contribution >= 0.6 is 11.6 Å². The highest BCUT2D eigenvalue weighted by atomic mass is 35.5. The molecule has 0 saturated carbocycles. The first kappa shape index (κ1) is 7.62. The van der Waals surface area contributed by atoms with E-state index in [0.29, 0.717) is 5.28 Å². The minimum absolute atomic E-state index is 0.454. The number of benzene rings is 1. The molecule has 0 aliphatic rings. The lowest BCUT2D eigenvalue weighted by molar-refractivity contribution is 1.34. The van der Waals surface area contributed by atoms with Crippen LogP contribution in [0.3, 0.4) is 0 Å². The van der Waals surface area contributed by atoms with Gasteiger partial charge in [-0.05, 0) is 48.7 Å². The van der Waals surface area contributed by atoms with Gasteiger partial charge in [-0.2, -0.15) is 0 Å². The molecule has 1 aromatic heterocycles. The van der Waals surface area contributed by atoms with Crippen molar-refractivity contribution in [3.63, 3.8) is 0 Å². The van der Waals surface area contributed by atoms with Crippen LogP contribution in [0.1, 0.15) is 11.1 Å². The molecule has 0 saturated heterocycles. The second-order valence-electron chi connectivity index (χ2n) is 2.98. The Balaban J connectivity index is 2.83. The lowest BCUT2D eigenvalue weighted by Crippen LogP contribution is -1.79. The van der Waals surface area contributed by atoms with Crippen LogP contribution < -0.4 is 0 Å². The summed E-state index contributed by atoms with van der Waals surface area (Å²) in [6.07, 6.45) is 0. The maximum Gasteiger partial charge on any atom is 0.201 e. The van der Waals surface area contributed by atoms with Crippen LogP contribution in [-0.2, 0) is 0 Å². The summed E-state index contributed by atoms with van der Waals surface area (Å²) < 4.78 is 0. The van der Waals surface area contributed by atoms with Crippen molar-refractivity contribution in [3.05, 3.63) is 28.5 Å². The third-order valence-corrected chi connectivity index (χ3v) is 2.25. The van der Waals surface area contributed by atoms with Crippen molar-refractivity contribution in [1.29, 1.82) is 0 Å². The minimum Gasteiger partial charge on any atom is -0.329 e. The number of H-pyrrole nitrogens is 1. The van der Waals surface area contributed by atoms with Crippen molar-refractivity contribution >= 4 is 22.6 Å². The van der Waals surface area contributed by atoms with Crippen LogP contribution in [-0.4, -0.2) is 9.97 Å². The van der Waals surface area contributed by atoms with Gasteiger partial charge in [-0.1, -0.05) is 0 Å². The fourth-order valence-electron chi connectivity index (χ4n) is 1.24. The van der Waals surface area contributed by atoms with Gasteiger partial charge in [0.1, 0.15) is 0 Å². The van der Waals surface area contributed by atoms with Crippen molar-refractivity contribution in [1.82, 2.24) is 9.97 Å². The number of imidazole rings is 1. The molecule has 3 heteroatoms. The summed E-state index contributed by atoms with van der Waals surface area (Å²) in [5, 5.41) is 0.454. The van der Waals surface area contributed by atoms with E-state index in [2.05, 4.69) is 29.9 Å². The van der Waals surface area contributed by atoms with Gasteiger partial charge in [-0.25, -0.2) is 4.98 Å². The Morgan fingerprint density at radius 2 is 1.92 bits per heavy atom. The zero-order valence-electron chi connectivity index (χ0n) is 6.98. The summed E-state index contributed by atoms with van der Waals surface area (Å²) in [5.74, 6) is 0. The number of fused-ring (bicyclic) bond motifs is 1. The highest BCUT2D eigenvalue weighted by molar-refractivity contribution is 6.29. The quantitative estimate of drug-likeness (QED) is 0.664. The highest BCUT2D eigenvalue weighted by Gasteiger charge is 2.01. The second-order valence-corrected chi connectivity index (χ2v) is 3.34. The molecule has 2 nitrogen and oxygen atoms in total. The zero-order valence-corrected chi connectivity index (χ0v) is 7.74. The third kappa shape index (κ3) is 1.08. The molecule has 0 amide bonds. The molecule has 1 N–H and O–H groups in total. The number of nitrogens with one attached hydrogen (secondary N) is 1. The molecule has 1 aromatic carbocycles. The molecule has 2 rings (SSSR count). The number of hydrogen-bond donors (Lipinski definition) is 1. The number of rotatable bonds is 0. The Hall–Kier alpha value is -1.02. The molecule has 1 heterocycles. The molecule has 0 spiro atoms. The summed E-state index contributed by atoms with van der Waals surface area (Å²) in [5.41, 5.74) is 4.43. The topological polar surface area (TPSA) is 28.7 Å². The largest absolute Gasteiger partial charge is 0.329 e. The predicted octanol–water partition coefficient (Wildman–Crippen LogP) is 2.83. The van der Waals surface area contributed by atoms with E-state index in [1.807, 2.05) is 6.07 Å². The fourth-order valence-corrected chi connectivity index (χ4v) is 1.43. The molecule has 0 atom stereocenters. The molecule has 12 heavy (non-hydrogen) atoms.